The van der Waals surface area contributed by atoms with Crippen LogP contribution >= 0.6 is 12.2 Å². The smallest absolute Gasteiger partial charge is 0.241 e. The summed E-state index contributed by atoms with van der Waals surface area (Å²) in [5.74, 6) is 0.552. The molecule has 1 aromatic heterocycles. The number of hydrogen-bond acceptors (Lipinski definition) is 5. The molecule has 28 heavy (non-hydrogen) atoms. The van der Waals surface area contributed by atoms with Crippen LogP contribution in [-0.2, 0) is 27.8 Å². The molecular weight excluding hydrogens is 398 g/mol. The summed E-state index contributed by atoms with van der Waals surface area (Å²) in [7, 11) is -3.66. The first-order chi connectivity index (χ1) is 13.2. The molecule has 0 aliphatic rings. The monoisotopic (exact) mass is 425 g/mol. The van der Waals surface area contributed by atoms with Crippen molar-refractivity contribution in [3.8, 4) is 0 Å². The predicted octanol–water partition coefficient (Wildman–Crippen LogP) is 1.91. The Balaban J connectivity index is 1.84. The van der Waals surface area contributed by atoms with Crippen molar-refractivity contribution in [2.75, 3.05) is 13.1 Å². The van der Waals surface area contributed by atoms with Crippen molar-refractivity contribution in [3.05, 3.63) is 39.4 Å². The van der Waals surface area contributed by atoms with Crippen LogP contribution in [0.2, 0.25) is 0 Å². The van der Waals surface area contributed by atoms with E-state index in [4.69, 9.17) is 12.2 Å². The van der Waals surface area contributed by atoms with E-state index in [2.05, 4.69) is 20.2 Å². The fraction of sp³-hybridized carbons (Fsp3) is 0.500. The fourth-order valence-corrected chi connectivity index (χ4v) is 4.99. The summed E-state index contributed by atoms with van der Waals surface area (Å²) in [5.41, 5.74) is 2.40. The Labute approximate surface area is 170 Å². The van der Waals surface area contributed by atoms with Crippen LogP contribution < -0.4 is 10.0 Å². The Bertz CT molecular complexity index is 985. The molecule has 2 aromatic rings. The number of H-pyrrole nitrogens is 1. The normalized spacial score (nSPS) is 11.6. The summed E-state index contributed by atoms with van der Waals surface area (Å²) in [6, 6.07) is 3.67. The summed E-state index contributed by atoms with van der Waals surface area (Å²) in [6.07, 6.45) is 0.601. The van der Waals surface area contributed by atoms with E-state index in [1.54, 1.807) is 13.8 Å². The molecule has 8 nitrogen and oxygen atoms in total. The highest BCUT2D eigenvalue weighted by Gasteiger charge is 2.19. The molecule has 10 heteroatoms. The van der Waals surface area contributed by atoms with Gasteiger partial charge < -0.3 is 9.88 Å². The van der Waals surface area contributed by atoms with Crippen molar-refractivity contribution in [2.45, 2.75) is 52.0 Å². The average Bonchev–Trinajstić information content (AvgIpc) is 2.93. The van der Waals surface area contributed by atoms with Crippen LogP contribution in [0.25, 0.3) is 0 Å². The fourth-order valence-electron chi connectivity index (χ4n) is 3.23. The second kappa shape index (κ2) is 9.44. The lowest BCUT2D eigenvalue weighted by Gasteiger charge is -2.13. The third-order valence-corrected chi connectivity index (χ3v) is 6.42. The van der Waals surface area contributed by atoms with Gasteiger partial charge in [-0.15, -0.1) is 0 Å². The molecule has 0 saturated heterocycles. The van der Waals surface area contributed by atoms with Crippen molar-refractivity contribution in [2.24, 2.45) is 0 Å². The SMILES string of the molecule is CCn1c(CCNC(=O)CCNS(=O)(=O)c2c(C)cc(C)cc2C)n[nH]c1=S. The van der Waals surface area contributed by atoms with E-state index in [-0.39, 0.29) is 23.8 Å². The number of hydrogen-bond donors (Lipinski definition) is 3. The number of nitrogens with one attached hydrogen (secondary N) is 3. The number of nitrogens with zero attached hydrogens (tertiary/aromatic N) is 2. The van der Waals surface area contributed by atoms with Gasteiger partial charge >= 0.3 is 0 Å². The number of carbonyl (C=O) groups is 1. The molecule has 1 amide bonds. The minimum Gasteiger partial charge on any atom is -0.356 e. The Morgan fingerprint density at radius 2 is 1.86 bits per heavy atom. The first-order valence-electron chi connectivity index (χ1n) is 9.14. The Morgan fingerprint density at radius 3 is 2.46 bits per heavy atom. The number of rotatable bonds is 9. The molecule has 0 radical (unpaired) electrons. The maximum atomic E-state index is 12.6. The summed E-state index contributed by atoms with van der Waals surface area (Å²) in [6.45, 7) is 8.58. The van der Waals surface area contributed by atoms with E-state index in [1.807, 2.05) is 30.5 Å². The maximum absolute atomic E-state index is 12.6. The average molecular weight is 426 g/mol. The first kappa shape index (κ1) is 22.3. The summed E-state index contributed by atoms with van der Waals surface area (Å²) in [5, 5.41) is 9.64. The lowest BCUT2D eigenvalue weighted by molar-refractivity contribution is -0.120. The van der Waals surface area contributed by atoms with Crippen LogP contribution in [-0.4, -0.2) is 42.2 Å². The van der Waals surface area contributed by atoms with Crippen molar-refractivity contribution in [1.29, 1.82) is 0 Å². The van der Waals surface area contributed by atoms with Gasteiger partial charge in [-0.05, 0) is 51.0 Å². The van der Waals surface area contributed by atoms with Gasteiger partial charge in [-0.2, -0.15) is 5.10 Å². The second-order valence-electron chi connectivity index (χ2n) is 6.66. The van der Waals surface area contributed by atoms with Crippen molar-refractivity contribution < 1.29 is 13.2 Å². The zero-order valence-corrected chi connectivity index (χ0v) is 18.3. The highest BCUT2D eigenvalue weighted by atomic mass is 32.2. The molecule has 0 spiro atoms. The maximum Gasteiger partial charge on any atom is 0.241 e. The lowest BCUT2D eigenvalue weighted by Crippen LogP contribution is -2.32. The highest BCUT2D eigenvalue weighted by molar-refractivity contribution is 7.89. The van der Waals surface area contributed by atoms with Gasteiger partial charge in [0.2, 0.25) is 15.9 Å². The molecule has 0 saturated carbocycles. The molecule has 154 valence electrons. The molecule has 0 unspecified atom stereocenters. The highest BCUT2D eigenvalue weighted by Crippen LogP contribution is 2.21. The van der Waals surface area contributed by atoms with E-state index in [0.29, 0.717) is 35.4 Å². The quantitative estimate of drug-likeness (QED) is 0.532. The predicted molar refractivity (Wildman–Crippen MR) is 110 cm³/mol. The Hall–Kier alpha value is -2.04. The molecule has 0 fully saturated rings. The number of aryl methyl sites for hydroxylation is 3. The zero-order chi connectivity index (χ0) is 20.9. The van der Waals surface area contributed by atoms with E-state index < -0.39 is 10.0 Å². The van der Waals surface area contributed by atoms with Crippen molar-refractivity contribution in [3.63, 3.8) is 0 Å². The van der Waals surface area contributed by atoms with Crippen molar-refractivity contribution >= 4 is 28.1 Å². The number of benzene rings is 1. The molecule has 1 aromatic carbocycles. The lowest BCUT2D eigenvalue weighted by atomic mass is 10.1. The van der Waals surface area contributed by atoms with E-state index in [1.165, 1.54) is 0 Å². The Kier molecular flexibility index (Phi) is 7.50. The van der Waals surface area contributed by atoms with Crippen LogP contribution in [0, 0.1) is 25.5 Å². The molecular formula is C18H27N5O3S2. The van der Waals surface area contributed by atoms with Gasteiger partial charge in [0, 0.05) is 32.5 Å². The van der Waals surface area contributed by atoms with Crippen LogP contribution in [0.3, 0.4) is 0 Å². The number of aromatic nitrogens is 3. The number of aromatic amines is 1. The van der Waals surface area contributed by atoms with Gasteiger partial charge in [-0.3, -0.25) is 9.89 Å². The van der Waals surface area contributed by atoms with Crippen LogP contribution in [0.15, 0.2) is 17.0 Å². The summed E-state index contributed by atoms with van der Waals surface area (Å²) >= 11 is 5.12. The van der Waals surface area contributed by atoms with Gasteiger partial charge in [-0.1, -0.05) is 17.7 Å². The second-order valence-corrected chi connectivity index (χ2v) is 8.76. The molecule has 1 heterocycles. The van der Waals surface area contributed by atoms with Gasteiger partial charge in [0.1, 0.15) is 5.82 Å². The molecule has 0 aliphatic heterocycles. The van der Waals surface area contributed by atoms with Gasteiger partial charge in [0.15, 0.2) is 4.77 Å². The van der Waals surface area contributed by atoms with Crippen LogP contribution in [0.5, 0.6) is 0 Å². The van der Waals surface area contributed by atoms with Gasteiger partial charge in [0.25, 0.3) is 0 Å². The Morgan fingerprint density at radius 1 is 1.21 bits per heavy atom. The zero-order valence-electron chi connectivity index (χ0n) is 16.6. The van der Waals surface area contributed by atoms with Crippen LogP contribution in [0.4, 0.5) is 0 Å². The molecule has 2 rings (SSSR count). The van der Waals surface area contributed by atoms with Crippen molar-refractivity contribution in [1.82, 2.24) is 24.8 Å². The summed E-state index contributed by atoms with van der Waals surface area (Å²) in [4.78, 5) is 12.3. The standard InChI is InChI=1S/C18H27N5O3S2/c1-5-23-15(21-22-18(23)27)6-8-19-16(24)7-9-20-28(25,26)17-13(3)10-12(2)11-14(17)4/h10-11,20H,5-9H2,1-4H3,(H,19,24)(H,22,27). The molecule has 0 aliphatic carbocycles. The first-order valence-corrected chi connectivity index (χ1v) is 11.0. The van der Waals surface area contributed by atoms with E-state index in [0.717, 1.165) is 11.4 Å². The van der Waals surface area contributed by atoms with Gasteiger partial charge in [-0.25, -0.2) is 13.1 Å². The molecule has 3 N–H and O–H groups in total. The number of carbonyl (C=O) groups excluding carboxylic acids is 1. The third kappa shape index (κ3) is 5.49. The van der Waals surface area contributed by atoms with E-state index in [9.17, 15) is 13.2 Å². The molecule has 0 bridgehead atoms. The number of sulfonamides is 1. The summed E-state index contributed by atoms with van der Waals surface area (Å²) < 4.78 is 30.1. The third-order valence-electron chi connectivity index (χ3n) is 4.34. The largest absolute Gasteiger partial charge is 0.356 e. The minimum atomic E-state index is -3.66. The van der Waals surface area contributed by atoms with Gasteiger partial charge in [0.05, 0.1) is 4.90 Å². The minimum absolute atomic E-state index is 0.0363. The topological polar surface area (TPSA) is 109 Å². The van der Waals surface area contributed by atoms with E-state index >= 15 is 0 Å². The van der Waals surface area contributed by atoms with Crippen LogP contribution in [0.1, 0.15) is 35.9 Å². The number of amides is 1. The molecule has 0 atom stereocenters.